The number of aromatic nitrogens is 2. The summed E-state index contributed by atoms with van der Waals surface area (Å²) in [4.78, 5) is 20.1. The molecule has 1 heterocycles. The van der Waals surface area contributed by atoms with E-state index in [2.05, 4.69) is 20.6 Å². The number of carbonyl (C=O) groups is 1. The van der Waals surface area contributed by atoms with Gasteiger partial charge >= 0.3 is 0 Å². The minimum Gasteiger partial charge on any atom is -0.383 e. The van der Waals surface area contributed by atoms with Crippen molar-refractivity contribution < 1.29 is 13.9 Å². The lowest BCUT2D eigenvalue weighted by molar-refractivity contribution is 0.102. The van der Waals surface area contributed by atoms with Crippen LogP contribution in [0.2, 0.25) is 5.02 Å². The molecule has 22 heavy (non-hydrogen) atoms. The van der Waals surface area contributed by atoms with Crippen LogP contribution in [0.1, 0.15) is 10.5 Å². The van der Waals surface area contributed by atoms with E-state index in [9.17, 15) is 9.18 Å². The molecule has 0 aliphatic heterocycles. The van der Waals surface area contributed by atoms with Crippen molar-refractivity contribution in [2.24, 2.45) is 0 Å². The Kier molecular flexibility index (Phi) is 5.62. The van der Waals surface area contributed by atoms with E-state index < -0.39 is 11.7 Å². The number of benzene rings is 1. The summed E-state index contributed by atoms with van der Waals surface area (Å²) in [7, 11) is 1.60. The molecule has 8 heteroatoms. The summed E-state index contributed by atoms with van der Waals surface area (Å²) in [6, 6.07) is 3.91. The monoisotopic (exact) mass is 324 g/mol. The molecule has 1 aromatic carbocycles. The van der Waals surface area contributed by atoms with E-state index in [1.54, 1.807) is 7.11 Å². The molecule has 0 aliphatic rings. The Morgan fingerprint density at radius 3 is 2.82 bits per heavy atom. The third kappa shape index (κ3) is 4.37. The quantitative estimate of drug-likeness (QED) is 0.799. The molecule has 0 aliphatic carbocycles. The van der Waals surface area contributed by atoms with Gasteiger partial charge in [-0.2, -0.15) is 0 Å². The van der Waals surface area contributed by atoms with Gasteiger partial charge in [-0.3, -0.25) is 4.79 Å². The van der Waals surface area contributed by atoms with Crippen molar-refractivity contribution in [3.8, 4) is 0 Å². The summed E-state index contributed by atoms with van der Waals surface area (Å²) in [5.41, 5.74) is 0.512. The van der Waals surface area contributed by atoms with E-state index in [-0.39, 0.29) is 10.7 Å². The van der Waals surface area contributed by atoms with Crippen LogP contribution in [0.25, 0.3) is 0 Å². The molecule has 2 aromatic rings. The van der Waals surface area contributed by atoms with Crippen LogP contribution in [0.4, 0.5) is 15.9 Å². The summed E-state index contributed by atoms with van der Waals surface area (Å²) in [5, 5.41) is 5.48. The van der Waals surface area contributed by atoms with Crippen LogP contribution in [0.3, 0.4) is 0 Å². The molecule has 0 atom stereocenters. The van der Waals surface area contributed by atoms with E-state index in [4.69, 9.17) is 16.3 Å². The fourth-order valence-electron chi connectivity index (χ4n) is 1.59. The minimum absolute atomic E-state index is 0.0680. The Balaban J connectivity index is 1.98. The Labute approximate surface area is 131 Å². The minimum atomic E-state index is -0.550. The predicted octanol–water partition coefficient (Wildman–Crippen LogP) is 2.58. The van der Waals surface area contributed by atoms with Crippen LogP contribution in [-0.4, -0.2) is 36.1 Å². The number of ether oxygens (including phenoxy) is 1. The third-order valence-electron chi connectivity index (χ3n) is 2.67. The second-order valence-electron chi connectivity index (χ2n) is 4.29. The van der Waals surface area contributed by atoms with Gasteiger partial charge in [0.05, 0.1) is 24.0 Å². The average molecular weight is 325 g/mol. The number of amides is 1. The van der Waals surface area contributed by atoms with Gasteiger partial charge < -0.3 is 15.4 Å². The van der Waals surface area contributed by atoms with Crippen molar-refractivity contribution in [3.05, 3.63) is 47.1 Å². The van der Waals surface area contributed by atoms with Gasteiger partial charge in [-0.1, -0.05) is 11.6 Å². The zero-order valence-corrected chi connectivity index (χ0v) is 12.5. The molecule has 0 saturated heterocycles. The molecule has 1 amide bonds. The van der Waals surface area contributed by atoms with Gasteiger partial charge in [-0.15, -0.1) is 0 Å². The maximum absolute atomic E-state index is 13.0. The summed E-state index contributed by atoms with van der Waals surface area (Å²) in [6.45, 7) is 1.13. The van der Waals surface area contributed by atoms with Crippen LogP contribution in [0.15, 0.2) is 30.6 Å². The Hall–Kier alpha value is -2.25. The zero-order chi connectivity index (χ0) is 15.9. The van der Waals surface area contributed by atoms with Gasteiger partial charge in [0, 0.05) is 19.3 Å². The molecule has 0 radical (unpaired) electrons. The van der Waals surface area contributed by atoms with Crippen molar-refractivity contribution >= 4 is 29.0 Å². The van der Waals surface area contributed by atoms with Gasteiger partial charge in [-0.05, 0) is 18.2 Å². The molecular weight excluding hydrogens is 311 g/mol. The molecule has 0 fully saturated rings. The Bertz CT molecular complexity index is 652. The zero-order valence-electron chi connectivity index (χ0n) is 11.8. The standard InChI is InChI=1S/C14H14ClFN4O2/c1-22-5-4-17-13-8-18-12(7-19-13)14(21)20-9-2-3-11(16)10(15)6-9/h2-3,6-8H,4-5H2,1H3,(H,17,19)(H,20,21). The summed E-state index contributed by atoms with van der Waals surface area (Å²) in [5.74, 6) is -0.469. The second-order valence-corrected chi connectivity index (χ2v) is 4.70. The fraction of sp³-hybridized carbons (Fsp3) is 0.214. The molecule has 0 unspecified atom stereocenters. The number of nitrogens with zero attached hydrogens (tertiary/aromatic N) is 2. The van der Waals surface area contributed by atoms with E-state index in [0.717, 1.165) is 0 Å². The number of nitrogens with one attached hydrogen (secondary N) is 2. The van der Waals surface area contributed by atoms with Crippen LogP contribution in [-0.2, 0) is 4.74 Å². The van der Waals surface area contributed by atoms with Gasteiger partial charge in [0.1, 0.15) is 17.3 Å². The summed E-state index contributed by atoms with van der Waals surface area (Å²) in [6.07, 6.45) is 2.79. The maximum atomic E-state index is 13.0. The first-order valence-corrected chi connectivity index (χ1v) is 6.79. The molecule has 1 aromatic heterocycles. The number of halogens is 2. The largest absolute Gasteiger partial charge is 0.383 e. The van der Waals surface area contributed by atoms with Crippen molar-refractivity contribution in [3.63, 3.8) is 0 Å². The smallest absolute Gasteiger partial charge is 0.275 e. The van der Waals surface area contributed by atoms with Crippen molar-refractivity contribution in [1.82, 2.24) is 9.97 Å². The lowest BCUT2D eigenvalue weighted by atomic mass is 10.3. The number of methoxy groups -OCH3 is 1. The van der Waals surface area contributed by atoms with E-state index in [1.165, 1.54) is 30.6 Å². The number of anilines is 2. The molecule has 116 valence electrons. The molecule has 0 spiro atoms. The average Bonchev–Trinajstić information content (AvgIpc) is 2.52. The fourth-order valence-corrected chi connectivity index (χ4v) is 1.77. The molecule has 2 N–H and O–H groups in total. The number of rotatable bonds is 6. The van der Waals surface area contributed by atoms with Crippen molar-refractivity contribution in [2.45, 2.75) is 0 Å². The maximum Gasteiger partial charge on any atom is 0.275 e. The summed E-state index contributed by atoms with van der Waals surface area (Å²) >= 11 is 5.65. The number of hydrogen-bond acceptors (Lipinski definition) is 5. The molecule has 2 rings (SSSR count). The van der Waals surface area contributed by atoms with Crippen molar-refractivity contribution in [2.75, 3.05) is 30.9 Å². The van der Waals surface area contributed by atoms with Crippen molar-refractivity contribution in [1.29, 1.82) is 0 Å². The van der Waals surface area contributed by atoms with Gasteiger partial charge in [0.2, 0.25) is 0 Å². The van der Waals surface area contributed by atoms with Crippen LogP contribution < -0.4 is 10.6 Å². The number of carbonyl (C=O) groups excluding carboxylic acids is 1. The highest BCUT2D eigenvalue weighted by Gasteiger charge is 2.09. The van der Waals surface area contributed by atoms with Crippen LogP contribution in [0, 0.1) is 5.82 Å². The summed E-state index contributed by atoms with van der Waals surface area (Å²) < 4.78 is 17.9. The van der Waals surface area contributed by atoms with Gasteiger partial charge in [0.25, 0.3) is 5.91 Å². The first kappa shape index (κ1) is 16.1. The topological polar surface area (TPSA) is 76.1 Å². The third-order valence-corrected chi connectivity index (χ3v) is 2.96. The first-order chi connectivity index (χ1) is 10.6. The lowest BCUT2D eigenvalue weighted by Gasteiger charge is -2.07. The highest BCUT2D eigenvalue weighted by Crippen LogP contribution is 2.19. The highest BCUT2D eigenvalue weighted by molar-refractivity contribution is 6.31. The van der Waals surface area contributed by atoms with Crippen LogP contribution >= 0.6 is 11.6 Å². The second kappa shape index (κ2) is 7.67. The van der Waals surface area contributed by atoms with E-state index in [0.29, 0.717) is 24.7 Å². The molecular formula is C14H14ClFN4O2. The van der Waals surface area contributed by atoms with Gasteiger partial charge in [-0.25, -0.2) is 14.4 Å². The lowest BCUT2D eigenvalue weighted by Crippen LogP contribution is -2.15. The van der Waals surface area contributed by atoms with E-state index in [1.807, 2.05) is 0 Å². The van der Waals surface area contributed by atoms with E-state index >= 15 is 0 Å². The van der Waals surface area contributed by atoms with Crippen LogP contribution in [0.5, 0.6) is 0 Å². The first-order valence-electron chi connectivity index (χ1n) is 6.41. The number of hydrogen-bond donors (Lipinski definition) is 2. The molecule has 0 bridgehead atoms. The Morgan fingerprint density at radius 1 is 1.36 bits per heavy atom. The normalized spacial score (nSPS) is 10.3. The Morgan fingerprint density at radius 2 is 2.18 bits per heavy atom. The predicted molar refractivity (Wildman–Crippen MR) is 81.8 cm³/mol. The molecule has 0 saturated carbocycles. The van der Waals surface area contributed by atoms with Gasteiger partial charge in [0.15, 0.2) is 0 Å². The SMILES string of the molecule is COCCNc1cnc(C(=O)Nc2ccc(F)c(Cl)c2)cn1. The molecule has 6 nitrogen and oxygen atoms in total. The highest BCUT2D eigenvalue weighted by atomic mass is 35.5.